The molecule has 0 fully saturated rings. The molecule has 1 aromatic heterocycles. The summed E-state index contributed by atoms with van der Waals surface area (Å²) in [4.78, 5) is 12.1. The van der Waals surface area contributed by atoms with Gasteiger partial charge in [0.15, 0.2) is 5.82 Å². The molecule has 2 rings (SSSR count). The Hall–Kier alpha value is -1.97. The predicted octanol–water partition coefficient (Wildman–Crippen LogP) is 5.06. The van der Waals surface area contributed by atoms with E-state index in [0.717, 1.165) is 24.3 Å². The van der Waals surface area contributed by atoms with Gasteiger partial charge in [-0.25, -0.2) is 15.0 Å². The number of nitrogens with zero attached hydrogens (tertiary/aromatic N) is 3. The molecule has 0 saturated carbocycles. The van der Waals surface area contributed by atoms with Crippen LogP contribution in [0.2, 0.25) is 0 Å². The van der Waals surface area contributed by atoms with Gasteiger partial charge in [0.25, 0.3) is 0 Å². The molecule has 2 aromatic rings. The van der Waals surface area contributed by atoms with Crippen molar-refractivity contribution in [1.29, 1.82) is 0 Å². The van der Waals surface area contributed by atoms with E-state index in [1.54, 1.807) is 0 Å². The van der Waals surface area contributed by atoms with Gasteiger partial charge < -0.3 is 4.74 Å². The first-order chi connectivity index (χ1) is 11.4. The molecule has 0 bridgehead atoms. The van der Waals surface area contributed by atoms with Gasteiger partial charge >= 0.3 is 0 Å². The first kappa shape index (κ1) is 17.4. The molecular weight excluding hydrogens is 286 g/mol. The zero-order chi connectivity index (χ0) is 16.2. The topological polar surface area (TPSA) is 47.9 Å². The maximum absolute atomic E-state index is 5.79. The standard InChI is InChI=1S/C19H27N3O/c1-2-3-4-5-6-7-8-9-14-23-18-12-10-17(11-13-18)19-21-15-20-16-22-19/h10-13,15-16H,2-9,14H2,1H3. The number of hydrogen-bond donors (Lipinski definition) is 0. The van der Waals surface area contributed by atoms with Crippen LogP contribution in [0.5, 0.6) is 5.75 Å². The summed E-state index contributed by atoms with van der Waals surface area (Å²) in [6, 6.07) is 7.92. The number of aromatic nitrogens is 3. The molecule has 124 valence electrons. The predicted molar refractivity (Wildman–Crippen MR) is 93.4 cm³/mol. The van der Waals surface area contributed by atoms with E-state index in [2.05, 4.69) is 21.9 Å². The minimum atomic E-state index is 0.689. The quantitative estimate of drug-likeness (QED) is 0.544. The van der Waals surface area contributed by atoms with Crippen LogP contribution < -0.4 is 4.74 Å². The fourth-order valence-electron chi connectivity index (χ4n) is 2.51. The Morgan fingerprint density at radius 1 is 0.783 bits per heavy atom. The van der Waals surface area contributed by atoms with Crippen molar-refractivity contribution in [2.75, 3.05) is 6.61 Å². The number of hydrogen-bond acceptors (Lipinski definition) is 4. The second kappa shape index (κ2) is 10.7. The summed E-state index contributed by atoms with van der Waals surface area (Å²) < 4.78 is 5.79. The molecule has 0 aliphatic rings. The Labute approximate surface area is 139 Å². The molecule has 0 amide bonds. The summed E-state index contributed by atoms with van der Waals surface area (Å²) in [5.41, 5.74) is 0.979. The molecule has 23 heavy (non-hydrogen) atoms. The van der Waals surface area contributed by atoms with Gasteiger partial charge in [-0.2, -0.15) is 0 Å². The van der Waals surface area contributed by atoms with Crippen LogP contribution in [0.15, 0.2) is 36.9 Å². The first-order valence-electron chi connectivity index (χ1n) is 8.75. The van der Waals surface area contributed by atoms with Crippen LogP contribution in [0.4, 0.5) is 0 Å². The molecule has 4 nitrogen and oxygen atoms in total. The Kier molecular flexibility index (Phi) is 8.09. The molecule has 1 heterocycles. The van der Waals surface area contributed by atoms with E-state index in [1.807, 2.05) is 24.3 Å². The summed E-state index contributed by atoms with van der Waals surface area (Å²) in [7, 11) is 0. The van der Waals surface area contributed by atoms with Gasteiger partial charge in [-0.05, 0) is 30.7 Å². The van der Waals surface area contributed by atoms with Crippen LogP contribution in [-0.2, 0) is 0 Å². The molecule has 0 N–H and O–H groups in total. The van der Waals surface area contributed by atoms with Crippen LogP contribution in [0, 0.1) is 0 Å². The summed E-state index contributed by atoms with van der Waals surface area (Å²) in [5, 5.41) is 0. The maximum atomic E-state index is 5.79. The third-order valence-corrected chi connectivity index (χ3v) is 3.87. The number of unbranched alkanes of at least 4 members (excludes halogenated alkanes) is 7. The fourth-order valence-corrected chi connectivity index (χ4v) is 2.51. The van der Waals surface area contributed by atoms with E-state index in [4.69, 9.17) is 4.74 Å². The zero-order valence-corrected chi connectivity index (χ0v) is 14.1. The normalized spacial score (nSPS) is 10.7. The Morgan fingerprint density at radius 2 is 1.39 bits per heavy atom. The monoisotopic (exact) mass is 313 g/mol. The van der Waals surface area contributed by atoms with Gasteiger partial charge in [0, 0.05) is 5.56 Å². The molecule has 0 saturated heterocycles. The van der Waals surface area contributed by atoms with Crippen LogP contribution in [0.3, 0.4) is 0 Å². The molecule has 0 aliphatic heterocycles. The lowest BCUT2D eigenvalue weighted by Gasteiger charge is -2.07. The third-order valence-electron chi connectivity index (χ3n) is 3.87. The van der Waals surface area contributed by atoms with Gasteiger partial charge in [0.1, 0.15) is 18.4 Å². The van der Waals surface area contributed by atoms with Crippen LogP contribution >= 0.6 is 0 Å². The smallest absolute Gasteiger partial charge is 0.162 e. The van der Waals surface area contributed by atoms with E-state index >= 15 is 0 Å². The van der Waals surface area contributed by atoms with Crippen LogP contribution in [0.1, 0.15) is 58.3 Å². The van der Waals surface area contributed by atoms with E-state index in [9.17, 15) is 0 Å². The van der Waals surface area contributed by atoms with Crippen molar-refractivity contribution in [2.45, 2.75) is 58.3 Å². The molecule has 0 aliphatic carbocycles. The highest BCUT2D eigenvalue weighted by Crippen LogP contribution is 2.19. The lowest BCUT2D eigenvalue weighted by Crippen LogP contribution is -1.97. The van der Waals surface area contributed by atoms with E-state index < -0.39 is 0 Å². The summed E-state index contributed by atoms with van der Waals surface area (Å²) >= 11 is 0. The Balaban J connectivity index is 1.60. The maximum Gasteiger partial charge on any atom is 0.162 e. The van der Waals surface area contributed by atoms with Crippen molar-refractivity contribution in [3.63, 3.8) is 0 Å². The average molecular weight is 313 g/mol. The van der Waals surface area contributed by atoms with Crippen molar-refractivity contribution in [1.82, 2.24) is 15.0 Å². The van der Waals surface area contributed by atoms with Gasteiger partial charge in [-0.1, -0.05) is 51.9 Å². The second-order valence-electron chi connectivity index (χ2n) is 5.81. The van der Waals surface area contributed by atoms with Crippen molar-refractivity contribution in [3.05, 3.63) is 36.9 Å². The zero-order valence-electron chi connectivity index (χ0n) is 14.1. The lowest BCUT2D eigenvalue weighted by atomic mass is 10.1. The Morgan fingerprint density at radius 3 is 2.04 bits per heavy atom. The van der Waals surface area contributed by atoms with E-state index in [-0.39, 0.29) is 0 Å². The molecule has 4 heteroatoms. The molecule has 0 atom stereocenters. The number of benzene rings is 1. The van der Waals surface area contributed by atoms with Gasteiger partial charge in [-0.15, -0.1) is 0 Å². The van der Waals surface area contributed by atoms with E-state index in [0.29, 0.717) is 5.82 Å². The SMILES string of the molecule is CCCCCCCCCCOc1ccc(-c2ncncn2)cc1. The molecule has 1 aromatic carbocycles. The average Bonchev–Trinajstić information content (AvgIpc) is 2.62. The molecular formula is C19H27N3O. The van der Waals surface area contributed by atoms with Crippen LogP contribution in [0.25, 0.3) is 11.4 Å². The first-order valence-corrected chi connectivity index (χ1v) is 8.75. The third kappa shape index (κ3) is 6.76. The fraction of sp³-hybridized carbons (Fsp3) is 0.526. The van der Waals surface area contributed by atoms with Gasteiger partial charge in [-0.3, -0.25) is 0 Å². The second-order valence-corrected chi connectivity index (χ2v) is 5.81. The summed E-state index contributed by atoms with van der Waals surface area (Å²) in [6.07, 6.45) is 13.6. The molecule has 0 unspecified atom stereocenters. The molecule has 0 radical (unpaired) electrons. The van der Waals surface area contributed by atoms with Crippen molar-refractivity contribution in [3.8, 4) is 17.1 Å². The van der Waals surface area contributed by atoms with Gasteiger partial charge in [0.05, 0.1) is 6.61 Å². The van der Waals surface area contributed by atoms with E-state index in [1.165, 1.54) is 57.6 Å². The van der Waals surface area contributed by atoms with Gasteiger partial charge in [0.2, 0.25) is 0 Å². The minimum absolute atomic E-state index is 0.689. The highest BCUT2D eigenvalue weighted by molar-refractivity contribution is 5.55. The Bertz CT molecular complexity index is 528. The summed E-state index contributed by atoms with van der Waals surface area (Å²) in [6.45, 7) is 3.05. The lowest BCUT2D eigenvalue weighted by molar-refractivity contribution is 0.304. The van der Waals surface area contributed by atoms with Crippen molar-refractivity contribution < 1.29 is 4.74 Å². The highest BCUT2D eigenvalue weighted by atomic mass is 16.5. The summed E-state index contributed by atoms with van der Waals surface area (Å²) in [5.74, 6) is 1.60. The highest BCUT2D eigenvalue weighted by Gasteiger charge is 2.01. The van der Waals surface area contributed by atoms with Crippen molar-refractivity contribution >= 4 is 0 Å². The number of rotatable bonds is 11. The van der Waals surface area contributed by atoms with Crippen molar-refractivity contribution in [2.24, 2.45) is 0 Å². The number of ether oxygens (including phenoxy) is 1. The van der Waals surface area contributed by atoms with Crippen LogP contribution in [-0.4, -0.2) is 21.6 Å². The molecule has 0 spiro atoms. The largest absolute Gasteiger partial charge is 0.494 e. The minimum Gasteiger partial charge on any atom is -0.494 e.